The third-order valence-electron chi connectivity index (χ3n) is 3.40. The molecule has 4 heteroatoms. The molecular formula is C16H14FNO2. The predicted octanol–water partition coefficient (Wildman–Crippen LogP) is 3.83. The van der Waals surface area contributed by atoms with Gasteiger partial charge in [-0.15, -0.1) is 0 Å². The molecule has 0 bridgehead atoms. The first-order valence-corrected chi connectivity index (χ1v) is 6.21. The molecule has 1 atom stereocenters. The molecule has 0 aliphatic carbocycles. The monoisotopic (exact) mass is 271 g/mol. The lowest BCUT2D eigenvalue weighted by atomic mass is 9.90. The topological polar surface area (TPSA) is 54.0 Å². The molecule has 2 rings (SSSR count). The van der Waals surface area contributed by atoms with E-state index in [9.17, 15) is 14.4 Å². The second-order valence-corrected chi connectivity index (χ2v) is 4.69. The fraction of sp³-hybridized carbons (Fsp3) is 0.250. The highest BCUT2D eigenvalue weighted by molar-refractivity contribution is 6.04. The Hall–Kier alpha value is -2.41. The number of rotatable bonds is 3. The molecule has 0 fully saturated rings. The Labute approximate surface area is 116 Å². The lowest BCUT2D eigenvalue weighted by molar-refractivity contribution is 0.0977. The van der Waals surface area contributed by atoms with Gasteiger partial charge in [-0.05, 0) is 38.5 Å². The van der Waals surface area contributed by atoms with E-state index in [0.29, 0.717) is 22.6 Å². The Morgan fingerprint density at radius 3 is 2.25 bits per heavy atom. The molecule has 3 nitrogen and oxygen atoms in total. The number of carbonyl (C=O) groups is 1. The van der Waals surface area contributed by atoms with Gasteiger partial charge >= 0.3 is 0 Å². The number of Topliss-reactive ketones (excluding diaryl/α,β-unsaturated/α-hetero) is 1. The molecule has 1 unspecified atom stereocenters. The zero-order chi connectivity index (χ0) is 14.9. The minimum absolute atomic E-state index is 0.314. The Bertz CT molecular complexity index is 693. The Morgan fingerprint density at radius 1 is 1.20 bits per heavy atom. The van der Waals surface area contributed by atoms with E-state index in [4.69, 9.17) is 4.42 Å². The number of hydrogen-bond donors (Lipinski definition) is 0. The number of hydrogen-bond acceptors (Lipinski definition) is 3. The van der Waals surface area contributed by atoms with E-state index in [1.165, 1.54) is 24.3 Å². The lowest BCUT2D eigenvalue weighted by Crippen LogP contribution is -2.13. The fourth-order valence-electron chi connectivity index (χ4n) is 2.24. The van der Waals surface area contributed by atoms with Gasteiger partial charge in [0.2, 0.25) is 0 Å². The Balaban J connectivity index is 2.45. The van der Waals surface area contributed by atoms with Crippen molar-refractivity contribution in [2.45, 2.75) is 26.7 Å². The van der Waals surface area contributed by atoms with Crippen LogP contribution in [0.4, 0.5) is 4.39 Å². The quantitative estimate of drug-likeness (QED) is 0.797. The molecule has 0 radical (unpaired) electrons. The maximum Gasteiger partial charge on any atom is 0.188 e. The van der Waals surface area contributed by atoms with E-state index in [-0.39, 0.29) is 5.78 Å². The van der Waals surface area contributed by atoms with Crippen LogP contribution in [0.25, 0.3) is 0 Å². The van der Waals surface area contributed by atoms with Crippen LogP contribution in [0.15, 0.2) is 28.7 Å². The van der Waals surface area contributed by atoms with Crippen LogP contribution in [-0.4, -0.2) is 5.78 Å². The summed E-state index contributed by atoms with van der Waals surface area (Å²) in [6, 6.07) is 7.39. The summed E-state index contributed by atoms with van der Waals surface area (Å²) in [4.78, 5) is 12.5. The first kappa shape index (κ1) is 14.0. The highest BCUT2D eigenvalue weighted by Crippen LogP contribution is 2.27. The molecule has 20 heavy (non-hydrogen) atoms. The lowest BCUT2D eigenvalue weighted by Gasteiger charge is -2.08. The Morgan fingerprint density at radius 2 is 1.80 bits per heavy atom. The van der Waals surface area contributed by atoms with Crippen LogP contribution in [0.1, 0.15) is 38.9 Å². The molecule has 102 valence electrons. The van der Waals surface area contributed by atoms with Gasteiger partial charge in [-0.2, -0.15) is 5.26 Å². The number of nitriles is 1. The van der Waals surface area contributed by atoms with Gasteiger partial charge in [-0.25, -0.2) is 4.39 Å². The number of halogens is 1. The third-order valence-corrected chi connectivity index (χ3v) is 3.40. The summed E-state index contributed by atoms with van der Waals surface area (Å²) in [6.07, 6.45) is 0. The van der Waals surface area contributed by atoms with E-state index in [2.05, 4.69) is 0 Å². The summed E-state index contributed by atoms with van der Waals surface area (Å²) in [5.74, 6) is -0.491. The van der Waals surface area contributed by atoms with Gasteiger partial charge in [-0.3, -0.25) is 4.79 Å². The fourth-order valence-corrected chi connectivity index (χ4v) is 2.24. The van der Waals surface area contributed by atoms with Gasteiger partial charge in [0.05, 0.1) is 11.6 Å². The average molecular weight is 271 g/mol. The van der Waals surface area contributed by atoms with Crippen LogP contribution >= 0.6 is 0 Å². The summed E-state index contributed by atoms with van der Waals surface area (Å²) in [6.45, 7) is 5.27. The van der Waals surface area contributed by atoms with Crippen molar-refractivity contribution in [1.82, 2.24) is 0 Å². The van der Waals surface area contributed by atoms with Crippen LogP contribution in [0.5, 0.6) is 0 Å². The van der Waals surface area contributed by atoms with Crippen molar-refractivity contribution in [3.05, 3.63) is 58.3 Å². The van der Waals surface area contributed by atoms with Gasteiger partial charge in [0.25, 0.3) is 0 Å². The number of ketones is 1. The molecule has 0 saturated heterocycles. The number of carbonyl (C=O) groups excluding carboxylic acids is 1. The van der Waals surface area contributed by atoms with Gasteiger partial charge in [0.1, 0.15) is 23.3 Å². The van der Waals surface area contributed by atoms with Crippen molar-refractivity contribution in [3.8, 4) is 6.07 Å². The molecule has 0 amide bonds. The highest BCUT2D eigenvalue weighted by Gasteiger charge is 2.27. The van der Waals surface area contributed by atoms with E-state index in [1.54, 1.807) is 20.8 Å². The van der Waals surface area contributed by atoms with Crippen LogP contribution in [0.2, 0.25) is 0 Å². The molecule has 1 heterocycles. The van der Waals surface area contributed by atoms with E-state index < -0.39 is 11.7 Å². The number of benzene rings is 1. The standard InChI is InChI=1S/C16H14FNO2/c1-9-10(2)20-11(3)15(9)16(19)14(8-18)12-4-6-13(17)7-5-12/h4-7,14H,1-3H3. The molecular weight excluding hydrogens is 257 g/mol. The van der Waals surface area contributed by atoms with Crippen LogP contribution in [-0.2, 0) is 0 Å². The zero-order valence-electron chi connectivity index (χ0n) is 11.5. The zero-order valence-corrected chi connectivity index (χ0v) is 11.5. The molecule has 1 aromatic heterocycles. The minimum Gasteiger partial charge on any atom is -0.466 e. The van der Waals surface area contributed by atoms with Crippen LogP contribution in [0.3, 0.4) is 0 Å². The van der Waals surface area contributed by atoms with Gasteiger partial charge in [0.15, 0.2) is 5.78 Å². The van der Waals surface area contributed by atoms with Gasteiger partial charge < -0.3 is 4.42 Å². The van der Waals surface area contributed by atoms with Crippen LogP contribution in [0, 0.1) is 37.9 Å². The normalized spacial score (nSPS) is 11.9. The molecule has 0 saturated carbocycles. The number of aryl methyl sites for hydroxylation is 2. The van der Waals surface area contributed by atoms with Crippen molar-refractivity contribution in [2.24, 2.45) is 0 Å². The second-order valence-electron chi connectivity index (χ2n) is 4.69. The maximum atomic E-state index is 12.9. The Kier molecular flexibility index (Phi) is 3.71. The van der Waals surface area contributed by atoms with Crippen molar-refractivity contribution in [1.29, 1.82) is 5.26 Å². The predicted molar refractivity (Wildman–Crippen MR) is 72.0 cm³/mol. The molecule has 2 aromatic rings. The first-order valence-electron chi connectivity index (χ1n) is 6.21. The van der Waals surface area contributed by atoms with E-state index in [1.807, 2.05) is 6.07 Å². The highest BCUT2D eigenvalue weighted by atomic mass is 19.1. The van der Waals surface area contributed by atoms with E-state index in [0.717, 1.165) is 5.56 Å². The molecule has 0 aliphatic heterocycles. The van der Waals surface area contributed by atoms with Crippen molar-refractivity contribution in [3.63, 3.8) is 0 Å². The second kappa shape index (κ2) is 5.30. The summed E-state index contributed by atoms with van der Waals surface area (Å²) in [5.41, 5.74) is 1.67. The molecule has 0 spiro atoms. The largest absolute Gasteiger partial charge is 0.466 e. The summed E-state index contributed by atoms with van der Waals surface area (Å²) in [7, 11) is 0. The summed E-state index contributed by atoms with van der Waals surface area (Å²) >= 11 is 0. The molecule has 0 N–H and O–H groups in total. The van der Waals surface area contributed by atoms with Gasteiger partial charge in [0, 0.05) is 5.56 Å². The van der Waals surface area contributed by atoms with Crippen LogP contribution < -0.4 is 0 Å². The SMILES string of the molecule is Cc1oc(C)c(C(=O)C(C#N)c2ccc(F)cc2)c1C. The number of nitrogens with zero attached hydrogens (tertiary/aromatic N) is 1. The molecule has 0 aliphatic rings. The van der Waals surface area contributed by atoms with Gasteiger partial charge in [-0.1, -0.05) is 12.1 Å². The number of furan rings is 1. The van der Waals surface area contributed by atoms with Crippen molar-refractivity contribution >= 4 is 5.78 Å². The van der Waals surface area contributed by atoms with Crippen molar-refractivity contribution < 1.29 is 13.6 Å². The van der Waals surface area contributed by atoms with E-state index >= 15 is 0 Å². The average Bonchev–Trinajstić information content (AvgIpc) is 2.66. The third kappa shape index (κ3) is 2.35. The molecule has 1 aromatic carbocycles. The maximum absolute atomic E-state index is 12.9. The first-order chi connectivity index (χ1) is 9.45. The summed E-state index contributed by atoms with van der Waals surface area (Å²) in [5, 5.41) is 9.27. The smallest absolute Gasteiger partial charge is 0.188 e. The summed E-state index contributed by atoms with van der Waals surface area (Å²) < 4.78 is 18.4. The minimum atomic E-state index is -0.954. The van der Waals surface area contributed by atoms with Crippen molar-refractivity contribution in [2.75, 3.05) is 0 Å².